The molecule has 170 valence electrons. The van der Waals surface area contributed by atoms with Gasteiger partial charge in [-0.3, -0.25) is 14.5 Å². The van der Waals surface area contributed by atoms with Crippen molar-refractivity contribution in [3.63, 3.8) is 0 Å². The molecule has 0 aromatic heterocycles. The number of fused-ring (bicyclic) bond motifs is 1. The lowest BCUT2D eigenvalue weighted by Gasteiger charge is -2.30. The lowest BCUT2D eigenvalue weighted by atomic mass is 10.1. The van der Waals surface area contributed by atoms with Gasteiger partial charge < -0.3 is 10.1 Å². The first-order chi connectivity index (χ1) is 15.4. The highest BCUT2D eigenvalue weighted by Crippen LogP contribution is 2.35. The average Bonchev–Trinajstić information content (AvgIpc) is 2.82. The summed E-state index contributed by atoms with van der Waals surface area (Å²) in [5, 5.41) is 2.83. The van der Waals surface area contributed by atoms with E-state index >= 15 is 0 Å². The minimum absolute atomic E-state index is 0.103. The van der Waals surface area contributed by atoms with E-state index in [0.29, 0.717) is 37.5 Å². The number of ether oxygens (including phenoxy) is 1. The molecule has 0 saturated carbocycles. The summed E-state index contributed by atoms with van der Waals surface area (Å²) in [6.45, 7) is 1.03. The monoisotopic (exact) mass is 457 g/mol. The Kier molecular flexibility index (Phi) is 6.76. The molecule has 0 bridgehead atoms. The van der Waals surface area contributed by atoms with Crippen molar-refractivity contribution < 1.29 is 22.7 Å². The number of nitrogens with one attached hydrogen (secondary N) is 1. The van der Waals surface area contributed by atoms with Crippen LogP contribution < -0.4 is 15.0 Å². The number of carbonyl (C=O) groups is 2. The van der Waals surface area contributed by atoms with Crippen molar-refractivity contribution in [2.45, 2.75) is 30.6 Å². The van der Waals surface area contributed by atoms with E-state index in [9.17, 15) is 18.0 Å². The molecule has 1 N–H and O–H groups in total. The molecule has 1 fully saturated rings. The minimum atomic E-state index is -3.67. The maximum atomic E-state index is 13.1. The summed E-state index contributed by atoms with van der Waals surface area (Å²) in [7, 11) is -3.67. The molecule has 8 nitrogen and oxygen atoms in total. The van der Waals surface area contributed by atoms with Gasteiger partial charge in [-0.05, 0) is 43.0 Å². The van der Waals surface area contributed by atoms with Crippen LogP contribution in [0.4, 0.5) is 5.69 Å². The molecule has 0 atom stereocenters. The number of rotatable bonds is 7. The molecule has 2 amide bonds. The summed E-state index contributed by atoms with van der Waals surface area (Å²) < 4.78 is 33.1. The fourth-order valence-corrected chi connectivity index (χ4v) is 5.50. The van der Waals surface area contributed by atoms with E-state index in [0.717, 1.165) is 24.8 Å². The van der Waals surface area contributed by atoms with Gasteiger partial charge in [0.05, 0.1) is 10.6 Å². The molecule has 0 spiro atoms. The molecule has 2 aliphatic rings. The third-order valence-corrected chi connectivity index (χ3v) is 7.60. The van der Waals surface area contributed by atoms with Crippen molar-refractivity contribution in [2.24, 2.45) is 0 Å². The van der Waals surface area contributed by atoms with Crippen molar-refractivity contribution in [3.8, 4) is 5.75 Å². The van der Waals surface area contributed by atoms with E-state index in [1.807, 2.05) is 30.3 Å². The van der Waals surface area contributed by atoms with E-state index in [-0.39, 0.29) is 29.9 Å². The van der Waals surface area contributed by atoms with Gasteiger partial charge >= 0.3 is 0 Å². The van der Waals surface area contributed by atoms with E-state index in [1.165, 1.54) is 21.3 Å². The van der Waals surface area contributed by atoms with Crippen LogP contribution in [0, 0.1) is 0 Å². The smallest absolute Gasteiger partial charge is 0.265 e. The Hall–Kier alpha value is -2.91. The highest BCUT2D eigenvalue weighted by Gasteiger charge is 2.31. The largest absolute Gasteiger partial charge is 0.482 e. The van der Waals surface area contributed by atoms with Crippen LogP contribution >= 0.6 is 0 Å². The number of nitrogens with zero attached hydrogens (tertiary/aromatic N) is 2. The molecular formula is C23H27N3O5S. The predicted molar refractivity (Wildman–Crippen MR) is 120 cm³/mol. The first-order valence-electron chi connectivity index (χ1n) is 10.8. The fourth-order valence-electron chi connectivity index (χ4n) is 3.96. The quantitative estimate of drug-likeness (QED) is 0.686. The van der Waals surface area contributed by atoms with Crippen molar-refractivity contribution in [3.05, 3.63) is 54.1 Å². The number of amides is 2. The summed E-state index contributed by atoms with van der Waals surface area (Å²) in [5.74, 6) is -0.311. The Bertz CT molecular complexity index is 1080. The maximum Gasteiger partial charge on any atom is 0.265 e. The topological polar surface area (TPSA) is 96.0 Å². The second-order valence-electron chi connectivity index (χ2n) is 7.95. The zero-order chi connectivity index (χ0) is 22.6. The molecule has 2 aromatic rings. The van der Waals surface area contributed by atoms with Gasteiger partial charge in [0.15, 0.2) is 6.61 Å². The molecule has 4 rings (SSSR count). The number of hydrogen-bond acceptors (Lipinski definition) is 5. The predicted octanol–water partition coefficient (Wildman–Crippen LogP) is 1.95. The van der Waals surface area contributed by atoms with E-state index in [2.05, 4.69) is 5.32 Å². The number of carbonyl (C=O) groups excluding carboxylic acids is 2. The van der Waals surface area contributed by atoms with Crippen molar-refractivity contribution in [1.82, 2.24) is 9.62 Å². The van der Waals surface area contributed by atoms with Gasteiger partial charge in [-0.15, -0.1) is 0 Å². The number of piperidine rings is 1. The lowest BCUT2D eigenvalue weighted by molar-refractivity contribution is -0.125. The third kappa shape index (κ3) is 4.94. The molecule has 2 aliphatic heterocycles. The lowest BCUT2D eigenvalue weighted by Crippen LogP contribution is -2.45. The fraction of sp³-hybridized carbons (Fsp3) is 0.391. The number of sulfonamides is 1. The summed E-state index contributed by atoms with van der Waals surface area (Å²) in [6.07, 6.45) is 3.37. The van der Waals surface area contributed by atoms with Gasteiger partial charge in [0.25, 0.3) is 5.91 Å². The second-order valence-corrected chi connectivity index (χ2v) is 9.89. The molecule has 9 heteroatoms. The van der Waals surface area contributed by atoms with Gasteiger partial charge in [0.2, 0.25) is 15.9 Å². The second kappa shape index (κ2) is 9.70. The molecule has 2 aromatic carbocycles. The molecule has 32 heavy (non-hydrogen) atoms. The van der Waals surface area contributed by atoms with Gasteiger partial charge in [0, 0.05) is 19.6 Å². The number of hydrogen-bond donors (Lipinski definition) is 1. The summed E-state index contributed by atoms with van der Waals surface area (Å²) >= 11 is 0. The molecule has 1 saturated heterocycles. The molecule has 0 unspecified atom stereocenters. The maximum absolute atomic E-state index is 13.1. The first kappa shape index (κ1) is 22.3. The summed E-state index contributed by atoms with van der Waals surface area (Å²) in [5.41, 5.74) is 1.41. The van der Waals surface area contributed by atoms with Crippen LogP contribution in [0.25, 0.3) is 0 Å². The van der Waals surface area contributed by atoms with Gasteiger partial charge in [0.1, 0.15) is 12.3 Å². The summed E-state index contributed by atoms with van der Waals surface area (Å²) in [6, 6.07) is 14.3. The van der Waals surface area contributed by atoms with Crippen LogP contribution in [0.5, 0.6) is 5.75 Å². The van der Waals surface area contributed by atoms with E-state index in [1.54, 1.807) is 6.07 Å². The van der Waals surface area contributed by atoms with Crippen molar-refractivity contribution in [1.29, 1.82) is 0 Å². The van der Waals surface area contributed by atoms with Crippen LogP contribution in [0.1, 0.15) is 24.8 Å². The third-order valence-electron chi connectivity index (χ3n) is 5.71. The Labute approximate surface area is 188 Å². The van der Waals surface area contributed by atoms with E-state index in [4.69, 9.17) is 4.74 Å². The summed E-state index contributed by atoms with van der Waals surface area (Å²) in [4.78, 5) is 26.4. The average molecular weight is 458 g/mol. The van der Waals surface area contributed by atoms with Gasteiger partial charge in [-0.25, -0.2) is 8.42 Å². The van der Waals surface area contributed by atoms with Gasteiger partial charge in [-0.1, -0.05) is 36.8 Å². The zero-order valence-corrected chi connectivity index (χ0v) is 18.6. The highest BCUT2D eigenvalue weighted by molar-refractivity contribution is 7.89. The van der Waals surface area contributed by atoms with Crippen LogP contribution in [-0.2, 0) is 26.0 Å². The highest BCUT2D eigenvalue weighted by atomic mass is 32.2. The number of anilines is 1. The van der Waals surface area contributed by atoms with Crippen LogP contribution in [0.2, 0.25) is 0 Å². The van der Waals surface area contributed by atoms with Crippen LogP contribution in [0.15, 0.2) is 53.4 Å². The van der Waals surface area contributed by atoms with E-state index < -0.39 is 10.0 Å². The van der Waals surface area contributed by atoms with Crippen molar-refractivity contribution >= 4 is 27.5 Å². The number of benzene rings is 2. The van der Waals surface area contributed by atoms with Crippen molar-refractivity contribution in [2.75, 3.05) is 37.7 Å². The molecule has 0 radical (unpaired) electrons. The zero-order valence-electron chi connectivity index (χ0n) is 17.8. The van der Waals surface area contributed by atoms with Crippen LogP contribution in [0.3, 0.4) is 0 Å². The SMILES string of the molecule is O=C(CN1C(=O)COc2ccc(S(=O)(=O)N3CCCCC3)cc21)NCCc1ccccc1. The Morgan fingerprint density at radius 1 is 1.03 bits per heavy atom. The van der Waals surface area contributed by atoms with Gasteiger partial charge in [-0.2, -0.15) is 4.31 Å². The molecular weight excluding hydrogens is 430 g/mol. The Balaban J connectivity index is 1.47. The normalized spacial score (nSPS) is 16.9. The van der Waals surface area contributed by atoms with Crippen LogP contribution in [-0.4, -0.2) is 57.3 Å². The Morgan fingerprint density at radius 3 is 2.53 bits per heavy atom. The first-order valence-corrected chi connectivity index (χ1v) is 12.3. The molecule has 2 heterocycles. The molecule has 0 aliphatic carbocycles. The Morgan fingerprint density at radius 2 is 1.78 bits per heavy atom. The minimum Gasteiger partial charge on any atom is -0.482 e. The standard InChI is InChI=1S/C23H27N3O5S/c27-22(24-12-11-18-7-3-1-4-8-18)16-26-20-15-19(9-10-21(20)31-17-23(26)28)32(29,30)25-13-5-2-6-14-25/h1,3-4,7-10,15H,2,5-6,11-14,16-17H2,(H,24,27).